The van der Waals surface area contributed by atoms with E-state index in [1.807, 2.05) is 18.2 Å². The first kappa shape index (κ1) is 14.0. The number of halogens is 2. The monoisotopic (exact) mass is 262 g/mol. The molecule has 2 rings (SSSR count). The average Bonchev–Trinajstić information content (AvgIpc) is 2.50. The first-order valence-corrected chi connectivity index (χ1v) is 6.85. The molecule has 0 aromatic heterocycles. The quantitative estimate of drug-likeness (QED) is 0.691. The van der Waals surface area contributed by atoms with Gasteiger partial charge in [0.25, 0.3) is 0 Å². The van der Waals surface area contributed by atoms with Gasteiger partial charge >= 0.3 is 0 Å². The van der Waals surface area contributed by atoms with Crippen LogP contribution in [0.5, 0.6) is 0 Å². The van der Waals surface area contributed by atoms with E-state index in [0.29, 0.717) is 23.0 Å². The lowest BCUT2D eigenvalue weighted by Crippen LogP contribution is -2.18. The van der Waals surface area contributed by atoms with Crippen LogP contribution < -0.4 is 0 Å². The Morgan fingerprint density at radius 2 is 1.79 bits per heavy atom. The van der Waals surface area contributed by atoms with Gasteiger partial charge in [-0.05, 0) is 36.0 Å². The zero-order chi connectivity index (χ0) is 14.0. The van der Waals surface area contributed by atoms with E-state index in [1.165, 1.54) is 6.07 Å². The molecule has 3 unspecified atom stereocenters. The highest BCUT2D eigenvalue weighted by atomic mass is 19.1. The third-order valence-electron chi connectivity index (χ3n) is 4.09. The van der Waals surface area contributed by atoms with Gasteiger partial charge in [-0.2, -0.15) is 0 Å². The summed E-state index contributed by atoms with van der Waals surface area (Å²) in [7, 11) is 0. The summed E-state index contributed by atoms with van der Waals surface area (Å²) in [5.41, 5.74) is 1.33. The molecule has 0 fully saturated rings. The molecule has 2 heteroatoms. The third kappa shape index (κ3) is 2.78. The van der Waals surface area contributed by atoms with Crippen molar-refractivity contribution in [2.45, 2.75) is 33.1 Å². The summed E-state index contributed by atoms with van der Waals surface area (Å²) in [5.74, 6) is -0.201. The first-order valence-electron chi connectivity index (χ1n) is 6.85. The minimum absolute atomic E-state index is 0.00981. The fourth-order valence-corrected chi connectivity index (χ4v) is 3.11. The fraction of sp³-hybridized carbons (Fsp3) is 0.412. The van der Waals surface area contributed by atoms with Crippen LogP contribution in [-0.2, 0) is 0 Å². The molecule has 1 aromatic carbocycles. The number of hydrogen-bond donors (Lipinski definition) is 0. The van der Waals surface area contributed by atoms with E-state index in [-0.39, 0.29) is 5.92 Å². The van der Waals surface area contributed by atoms with E-state index in [2.05, 4.69) is 19.9 Å². The van der Waals surface area contributed by atoms with Crippen LogP contribution in [0, 0.1) is 30.4 Å². The van der Waals surface area contributed by atoms with Crippen LogP contribution in [0.1, 0.15) is 37.3 Å². The standard InChI is InChI=1S/C17H20F2/c1-4-14-11(2)7-5-6-8-15(14)17-12(3)9-13(18)10-16(17)19/h5-11,14-15H,4H2,1-3H3. The molecule has 1 aromatic rings. The summed E-state index contributed by atoms with van der Waals surface area (Å²) in [5, 5.41) is 0. The molecule has 0 saturated carbocycles. The number of aryl methyl sites for hydroxylation is 1. The summed E-state index contributed by atoms with van der Waals surface area (Å²) in [6.45, 7) is 6.06. The van der Waals surface area contributed by atoms with E-state index in [4.69, 9.17) is 0 Å². The van der Waals surface area contributed by atoms with E-state index < -0.39 is 11.6 Å². The van der Waals surface area contributed by atoms with E-state index >= 15 is 0 Å². The van der Waals surface area contributed by atoms with Crippen LogP contribution in [0.2, 0.25) is 0 Å². The lowest BCUT2D eigenvalue weighted by molar-refractivity contribution is 0.365. The van der Waals surface area contributed by atoms with Gasteiger partial charge in [-0.3, -0.25) is 0 Å². The molecule has 0 radical (unpaired) electrons. The molecule has 1 aliphatic carbocycles. The maximum absolute atomic E-state index is 14.2. The molecule has 0 bridgehead atoms. The molecule has 0 nitrogen and oxygen atoms in total. The topological polar surface area (TPSA) is 0 Å². The molecule has 0 aliphatic heterocycles. The van der Waals surface area contributed by atoms with Gasteiger partial charge in [-0.1, -0.05) is 44.6 Å². The lowest BCUT2D eigenvalue weighted by atomic mass is 9.76. The number of rotatable bonds is 2. The zero-order valence-corrected chi connectivity index (χ0v) is 11.7. The van der Waals surface area contributed by atoms with Crippen LogP contribution in [0.3, 0.4) is 0 Å². The zero-order valence-electron chi connectivity index (χ0n) is 11.7. The van der Waals surface area contributed by atoms with Gasteiger partial charge in [0.05, 0.1) is 0 Å². The minimum atomic E-state index is -0.504. The molecule has 0 heterocycles. The van der Waals surface area contributed by atoms with Crippen molar-refractivity contribution in [3.8, 4) is 0 Å². The molecular weight excluding hydrogens is 242 g/mol. The van der Waals surface area contributed by atoms with Gasteiger partial charge < -0.3 is 0 Å². The second kappa shape index (κ2) is 5.68. The van der Waals surface area contributed by atoms with Crippen molar-refractivity contribution in [3.05, 3.63) is 59.2 Å². The highest BCUT2D eigenvalue weighted by Crippen LogP contribution is 2.38. The Balaban J connectivity index is 2.50. The molecule has 102 valence electrons. The Kier molecular flexibility index (Phi) is 4.18. The molecule has 3 atom stereocenters. The number of benzene rings is 1. The van der Waals surface area contributed by atoms with Gasteiger partial charge in [-0.25, -0.2) is 8.78 Å². The van der Waals surface area contributed by atoms with Crippen molar-refractivity contribution >= 4 is 0 Å². The molecule has 19 heavy (non-hydrogen) atoms. The Morgan fingerprint density at radius 1 is 1.11 bits per heavy atom. The molecule has 0 amide bonds. The summed E-state index contributed by atoms with van der Waals surface area (Å²) in [6.07, 6.45) is 9.15. The van der Waals surface area contributed by atoms with Gasteiger partial charge in [0.15, 0.2) is 0 Å². The molecule has 0 spiro atoms. The van der Waals surface area contributed by atoms with Crippen molar-refractivity contribution in [1.29, 1.82) is 0 Å². The Morgan fingerprint density at radius 3 is 2.42 bits per heavy atom. The van der Waals surface area contributed by atoms with Crippen LogP contribution in [-0.4, -0.2) is 0 Å². The summed E-state index contributed by atoms with van der Waals surface area (Å²) < 4.78 is 27.4. The molecule has 1 aliphatic rings. The van der Waals surface area contributed by atoms with Crippen LogP contribution in [0.25, 0.3) is 0 Å². The van der Waals surface area contributed by atoms with Crippen LogP contribution in [0.15, 0.2) is 36.4 Å². The average molecular weight is 262 g/mol. The smallest absolute Gasteiger partial charge is 0.130 e. The van der Waals surface area contributed by atoms with Gasteiger partial charge in [0.1, 0.15) is 11.6 Å². The predicted molar refractivity (Wildman–Crippen MR) is 75.1 cm³/mol. The van der Waals surface area contributed by atoms with Crippen molar-refractivity contribution in [3.63, 3.8) is 0 Å². The van der Waals surface area contributed by atoms with E-state index in [0.717, 1.165) is 12.5 Å². The Bertz CT molecular complexity index is 491. The van der Waals surface area contributed by atoms with Gasteiger partial charge in [0.2, 0.25) is 0 Å². The largest absolute Gasteiger partial charge is 0.207 e. The van der Waals surface area contributed by atoms with Crippen molar-refractivity contribution in [2.75, 3.05) is 0 Å². The fourth-order valence-electron chi connectivity index (χ4n) is 3.11. The Labute approximate surface area is 113 Å². The Hall–Kier alpha value is -1.44. The minimum Gasteiger partial charge on any atom is -0.207 e. The summed E-state index contributed by atoms with van der Waals surface area (Å²) in [6, 6.07) is 2.41. The van der Waals surface area contributed by atoms with Crippen LogP contribution in [0.4, 0.5) is 8.78 Å². The number of hydrogen-bond acceptors (Lipinski definition) is 0. The summed E-state index contributed by atoms with van der Waals surface area (Å²) in [4.78, 5) is 0. The lowest BCUT2D eigenvalue weighted by Gasteiger charge is -2.28. The summed E-state index contributed by atoms with van der Waals surface area (Å²) >= 11 is 0. The third-order valence-corrected chi connectivity index (χ3v) is 4.09. The predicted octanol–water partition coefficient (Wildman–Crippen LogP) is 5.15. The molecule has 0 saturated heterocycles. The van der Waals surface area contributed by atoms with Crippen molar-refractivity contribution in [1.82, 2.24) is 0 Å². The highest BCUT2D eigenvalue weighted by Gasteiger charge is 2.28. The van der Waals surface area contributed by atoms with Gasteiger partial charge in [-0.15, -0.1) is 0 Å². The second-order valence-electron chi connectivity index (χ2n) is 5.34. The molecular formula is C17H20F2. The van der Waals surface area contributed by atoms with E-state index in [1.54, 1.807) is 6.92 Å². The SMILES string of the molecule is CCC1C(C)C=CC=CC1c1c(C)cc(F)cc1F. The first-order chi connectivity index (χ1) is 9.04. The normalized spacial score (nSPS) is 26.5. The highest BCUT2D eigenvalue weighted by molar-refractivity contribution is 5.36. The van der Waals surface area contributed by atoms with Crippen molar-refractivity contribution < 1.29 is 8.78 Å². The van der Waals surface area contributed by atoms with E-state index in [9.17, 15) is 8.78 Å². The van der Waals surface area contributed by atoms with Crippen LogP contribution >= 0.6 is 0 Å². The second-order valence-corrected chi connectivity index (χ2v) is 5.34. The molecule has 0 N–H and O–H groups in total. The van der Waals surface area contributed by atoms with Crippen molar-refractivity contribution in [2.24, 2.45) is 11.8 Å². The maximum Gasteiger partial charge on any atom is 0.130 e. The maximum atomic E-state index is 14.2. The number of allylic oxidation sites excluding steroid dienone is 4. The van der Waals surface area contributed by atoms with Gasteiger partial charge in [0, 0.05) is 12.0 Å².